The van der Waals surface area contributed by atoms with Gasteiger partial charge in [-0.3, -0.25) is 4.79 Å². The third kappa shape index (κ3) is 6.60. The van der Waals surface area contributed by atoms with Gasteiger partial charge in [-0.2, -0.15) is 12.7 Å². The average Bonchev–Trinajstić information content (AvgIpc) is 2.27. The van der Waals surface area contributed by atoms with Gasteiger partial charge < -0.3 is 5.11 Å². The fraction of sp³-hybridized carbons (Fsp3) is 0.900. The third-order valence-corrected chi connectivity index (χ3v) is 4.29. The summed E-state index contributed by atoms with van der Waals surface area (Å²) < 4.78 is 26.9. The van der Waals surface area contributed by atoms with Crippen molar-refractivity contribution in [2.24, 2.45) is 5.92 Å². The number of nitrogens with one attached hydrogen (secondary N) is 1. The first-order valence-electron chi connectivity index (χ1n) is 5.76. The third-order valence-electron chi connectivity index (χ3n) is 2.76. The van der Waals surface area contributed by atoms with Crippen LogP contribution in [0.25, 0.3) is 0 Å². The molecule has 0 saturated heterocycles. The van der Waals surface area contributed by atoms with E-state index in [0.29, 0.717) is 12.5 Å². The summed E-state index contributed by atoms with van der Waals surface area (Å²) in [6.45, 7) is 4.40. The van der Waals surface area contributed by atoms with Gasteiger partial charge in [-0.15, -0.1) is 0 Å². The second-order valence-electron chi connectivity index (χ2n) is 4.00. The molecule has 0 fully saturated rings. The van der Waals surface area contributed by atoms with Crippen molar-refractivity contribution in [1.82, 2.24) is 9.03 Å². The second kappa shape index (κ2) is 7.62. The zero-order valence-corrected chi connectivity index (χ0v) is 11.5. The van der Waals surface area contributed by atoms with Gasteiger partial charge in [0.05, 0.1) is 6.42 Å². The highest BCUT2D eigenvalue weighted by atomic mass is 32.2. The van der Waals surface area contributed by atoms with Gasteiger partial charge in [0, 0.05) is 20.1 Å². The molecule has 0 saturated carbocycles. The van der Waals surface area contributed by atoms with Gasteiger partial charge in [0.2, 0.25) is 0 Å². The van der Waals surface area contributed by atoms with Gasteiger partial charge in [-0.1, -0.05) is 26.7 Å². The SMILES string of the molecule is CCC(CC)CNS(=O)(=O)N(C)CCC(=O)O. The molecule has 0 unspecified atom stereocenters. The van der Waals surface area contributed by atoms with Crippen LogP contribution in [0.5, 0.6) is 0 Å². The normalized spacial score (nSPS) is 12.3. The Morgan fingerprint density at radius 1 is 1.35 bits per heavy atom. The van der Waals surface area contributed by atoms with Gasteiger partial charge in [0.15, 0.2) is 0 Å². The summed E-state index contributed by atoms with van der Waals surface area (Å²) in [7, 11) is -2.18. The van der Waals surface area contributed by atoms with Gasteiger partial charge in [-0.05, 0) is 5.92 Å². The lowest BCUT2D eigenvalue weighted by Gasteiger charge is -2.19. The van der Waals surface area contributed by atoms with Crippen LogP contribution >= 0.6 is 0 Å². The lowest BCUT2D eigenvalue weighted by atomic mass is 10.0. The van der Waals surface area contributed by atoms with E-state index in [0.717, 1.165) is 17.1 Å². The summed E-state index contributed by atoms with van der Waals surface area (Å²) in [4.78, 5) is 10.3. The van der Waals surface area contributed by atoms with E-state index in [1.807, 2.05) is 13.8 Å². The standard InChI is InChI=1S/C10H22N2O4S/c1-4-9(5-2)8-11-17(15,16)12(3)7-6-10(13)14/h9,11H,4-8H2,1-3H3,(H,13,14). The zero-order chi connectivity index (χ0) is 13.5. The van der Waals surface area contributed by atoms with Crippen LogP contribution in [-0.4, -0.2) is 43.9 Å². The Bertz CT molecular complexity index is 325. The first-order chi connectivity index (χ1) is 7.83. The monoisotopic (exact) mass is 266 g/mol. The van der Waals surface area contributed by atoms with Crippen LogP contribution in [0, 0.1) is 5.92 Å². The molecule has 0 rings (SSSR count). The first kappa shape index (κ1) is 16.3. The van der Waals surface area contributed by atoms with Crippen LogP contribution in [-0.2, 0) is 15.0 Å². The molecule has 0 heterocycles. The van der Waals surface area contributed by atoms with Crippen molar-refractivity contribution in [2.45, 2.75) is 33.1 Å². The number of carboxylic acids is 1. The lowest BCUT2D eigenvalue weighted by molar-refractivity contribution is -0.137. The molecule has 0 bridgehead atoms. The highest BCUT2D eigenvalue weighted by molar-refractivity contribution is 7.87. The maximum Gasteiger partial charge on any atom is 0.304 e. The van der Waals surface area contributed by atoms with Gasteiger partial charge in [0.25, 0.3) is 10.2 Å². The quantitative estimate of drug-likeness (QED) is 0.642. The maximum absolute atomic E-state index is 11.7. The molecule has 0 amide bonds. The summed E-state index contributed by atoms with van der Waals surface area (Å²) in [6, 6.07) is 0. The molecule has 0 atom stereocenters. The molecule has 0 aliphatic rings. The lowest BCUT2D eigenvalue weighted by Crippen LogP contribution is -2.41. The van der Waals surface area contributed by atoms with Crippen molar-refractivity contribution < 1.29 is 18.3 Å². The molecule has 0 aliphatic carbocycles. The average molecular weight is 266 g/mol. The highest BCUT2D eigenvalue weighted by Crippen LogP contribution is 2.06. The second-order valence-corrected chi connectivity index (χ2v) is 5.86. The molecule has 0 aliphatic heterocycles. The first-order valence-corrected chi connectivity index (χ1v) is 7.20. The highest BCUT2D eigenvalue weighted by Gasteiger charge is 2.18. The number of carbonyl (C=O) groups is 1. The molecule has 0 spiro atoms. The molecule has 0 aromatic rings. The van der Waals surface area contributed by atoms with Crippen LogP contribution in [0.1, 0.15) is 33.1 Å². The Kier molecular flexibility index (Phi) is 7.33. The predicted molar refractivity (Wildman–Crippen MR) is 65.9 cm³/mol. The smallest absolute Gasteiger partial charge is 0.304 e. The van der Waals surface area contributed by atoms with Crippen molar-refractivity contribution in [2.75, 3.05) is 20.1 Å². The van der Waals surface area contributed by atoms with Crippen LogP contribution < -0.4 is 4.72 Å². The summed E-state index contributed by atoms with van der Waals surface area (Å²) in [6.07, 6.45) is 1.64. The molecule has 6 nitrogen and oxygen atoms in total. The van der Waals surface area contributed by atoms with E-state index in [2.05, 4.69) is 4.72 Å². The molecular formula is C10H22N2O4S. The molecule has 7 heteroatoms. The van der Waals surface area contributed by atoms with E-state index >= 15 is 0 Å². The maximum atomic E-state index is 11.7. The van der Waals surface area contributed by atoms with Crippen LogP contribution in [0.2, 0.25) is 0 Å². The molecule has 0 aromatic heterocycles. The molecular weight excluding hydrogens is 244 g/mol. The number of nitrogens with zero attached hydrogens (tertiary/aromatic N) is 1. The molecule has 0 aromatic carbocycles. The molecule has 17 heavy (non-hydrogen) atoms. The van der Waals surface area contributed by atoms with Gasteiger partial charge in [0.1, 0.15) is 0 Å². The van der Waals surface area contributed by atoms with Crippen LogP contribution in [0.3, 0.4) is 0 Å². The minimum absolute atomic E-state index is 0.0203. The minimum atomic E-state index is -3.55. The van der Waals surface area contributed by atoms with Gasteiger partial charge in [-0.25, -0.2) is 4.72 Å². The van der Waals surface area contributed by atoms with Crippen molar-refractivity contribution in [3.8, 4) is 0 Å². The molecule has 2 N–H and O–H groups in total. The van der Waals surface area contributed by atoms with E-state index in [4.69, 9.17) is 5.11 Å². The summed E-state index contributed by atoms with van der Waals surface area (Å²) >= 11 is 0. The largest absolute Gasteiger partial charge is 0.481 e. The van der Waals surface area contributed by atoms with Crippen LogP contribution in [0.4, 0.5) is 0 Å². The van der Waals surface area contributed by atoms with E-state index in [1.165, 1.54) is 7.05 Å². The van der Waals surface area contributed by atoms with Crippen molar-refractivity contribution in [3.05, 3.63) is 0 Å². The van der Waals surface area contributed by atoms with E-state index in [1.54, 1.807) is 0 Å². The Morgan fingerprint density at radius 2 is 1.88 bits per heavy atom. The Hall–Kier alpha value is -0.660. The summed E-state index contributed by atoms with van der Waals surface area (Å²) in [5.74, 6) is -0.690. The van der Waals surface area contributed by atoms with E-state index in [9.17, 15) is 13.2 Å². The van der Waals surface area contributed by atoms with Crippen molar-refractivity contribution >= 4 is 16.2 Å². The summed E-state index contributed by atoms with van der Waals surface area (Å²) in [5.41, 5.74) is 0. The van der Waals surface area contributed by atoms with Crippen LogP contribution in [0.15, 0.2) is 0 Å². The summed E-state index contributed by atoms with van der Waals surface area (Å²) in [5, 5.41) is 8.48. The molecule has 0 radical (unpaired) electrons. The predicted octanol–water partition coefficient (Wildman–Crippen LogP) is 0.664. The Labute approximate surface area is 103 Å². The van der Waals surface area contributed by atoms with Gasteiger partial charge >= 0.3 is 5.97 Å². The number of aliphatic carboxylic acids is 1. The van der Waals surface area contributed by atoms with Crippen molar-refractivity contribution in [1.29, 1.82) is 0 Å². The number of rotatable bonds is 9. The fourth-order valence-electron chi connectivity index (χ4n) is 1.28. The number of carboxylic acid groups (broad SMARTS) is 1. The Balaban J connectivity index is 4.22. The minimum Gasteiger partial charge on any atom is -0.481 e. The topological polar surface area (TPSA) is 86.7 Å². The molecule has 102 valence electrons. The Morgan fingerprint density at radius 3 is 2.29 bits per heavy atom. The zero-order valence-electron chi connectivity index (χ0n) is 10.6. The van der Waals surface area contributed by atoms with E-state index in [-0.39, 0.29) is 13.0 Å². The fourth-order valence-corrected chi connectivity index (χ4v) is 2.28. The van der Waals surface area contributed by atoms with Crippen molar-refractivity contribution in [3.63, 3.8) is 0 Å². The van der Waals surface area contributed by atoms with E-state index < -0.39 is 16.2 Å². The number of hydrogen-bond acceptors (Lipinski definition) is 3. The number of hydrogen-bond donors (Lipinski definition) is 2.